The summed E-state index contributed by atoms with van der Waals surface area (Å²) < 4.78 is 73.8. The van der Waals surface area contributed by atoms with Gasteiger partial charge in [0.25, 0.3) is 0 Å². The Morgan fingerprint density at radius 3 is 1.50 bits per heavy atom. The minimum atomic E-state index is -4.92. The third-order valence-corrected chi connectivity index (χ3v) is 1.81. The summed E-state index contributed by atoms with van der Waals surface area (Å²) in [5.74, 6) is 0. The summed E-state index contributed by atoms with van der Waals surface area (Å²) in [7, 11) is 3.75. The zero-order valence-electron chi connectivity index (χ0n) is 10.5. The standard InChI is InChI=1S/C9H5F6NO.C2H7N/c10-8(11,12)5-1-6(9(13,14)15)3-7(2-5)16-4-17;1-3-2/h1-4H,(H,16,17);3H,1-2H3. The van der Waals surface area contributed by atoms with Crippen molar-refractivity contribution in [2.24, 2.45) is 0 Å². The second-order valence-corrected chi connectivity index (χ2v) is 3.56. The van der Waals surface area contributed by atoms with E-state index in [1.165, 1.54) is 0 Å². The molecule has 0 unspecified atom stereocenters. The topological polar surface area (TPSA) is 41.1 Å². The molecule has 9 heteroatoms. The van der Waals surface area contributed by atoms with Gasteiger partial charge in [0.2, 0.25) is 6.41 Å². The predicted molar refractivity (Wildman–Crippen MR) is 61.1 cm³/mol. The number of hydrogen-bond donors (Lipinski definition) is 2. The lowest BCUT2D eigenvalue weighted by Gasteiger charge is -2.13. The van der Waals surface area contributed by atoms with Crippen molar-refractivity contribution >= 4 is 12.1 Å². The summed E-state index contributed by atoms with van der Waals surface area (Å²) in [6.07, 6.45) is -9.84. The van der Waals surface area contributed by atoms with Crippen molar-refractivity contribution in [2.75, 3.05) is 19.4 Å². The van der Waals surface area contributed by atoms with Crippen LogP contribution >= 0.6 is 0 Å². The number of anilines is 1. The van der Waals surface area contributed by atoms with Gasteiger partial charge in [0.15, 0.2) is 0 Å². The Balaban J connectivity index is 0.00000110. The van der Waals surface area contributed by atoms with Gasteiger partial charge in [-0.25, -0.2) is 0 Å². The third kappa shape index (κ3) is 5.91. The maximum atomic E-state index is 12.3. The molecule has 1 aromatic rings. The molecule has 0 aliphatic carbocycles. The normalized spacial score (nSPS) is 11.4. The van der Waals surface area contributed by atoms with E-state index >= 15 is 0 Å². The Labute approximate surface area is 111 Å². The van der Waals surface area contributed by atoms with Gasteiger partial charge in [-0.1, -0.05) is 0 Å². The molecule has 0 heterocycles. The molecule has 0 aliphatic rings. The van der Waals surface area contributed by atoms with Crippen LogP contribution in [0.4, 0.5) is 32.0 Å². The van der Waals surface area contributed by atoms with E-state index in [-0.39, 0.29) is 12.5 Å². The summed E-state index contributed by atoms with van der Waals surface area (Å²) >= 11 is 0. The number of rotatable bonds is 2. The molecule has 0 radical (unpaired) electrons. The predicted octanol–water partition coefficient (Wildman–Crippen LogP) is 3.13. The van der Waals surface area contributed by atoms with Gasteiger partial charge in [-0.2, -0.15) is 26.3 Å². The molecular formula is C11H12F6N2O. The number of carbonyl (C=O) groups excluding carboxylic acids is 1. The number of nitrogens with one attached hydrogen (secondary N) is 2. The summed E-state index contributed by atoms with van der Waals surface area (Å²) in [5, 5.41) is 4.50. The maximum absolute atomic E-state index is 12.3. The highest BCUT2D eigenvalue weighted by Gasteiger charge is 2.36. The van der Waals surface area contributed by atoms with E-state index in [1.54, 1.807) is 5.32 Å². The van der Waals surface area contributed by atoms with Crippen molar-refractivity contribution in [3.05, 3.63) is 29.3 Å². The smallest absolute Gasteiger partial charge is 0.329 e. The first kappa shape index (κ1) is 18.2. The highest BCUT2D eigenvalue weighted by atomic mass is 19.4. The number of carbonyl (C=O) groups is 1. The van der Waals surface area contributed by atoms with Gasteiger partial charge in [0.1, 0.15) is 0 Å². The molecule has 1 amide bonds. The number of hydrogen-bond acceptors (Lipinski definition) is 2. The van der Waals surface area contributed by atoms with Crippen molar-refractivity contribution in [1.82, 2.24) is 5.32 Å². The van der Waals surface area contributed by atoms with E-state index in [2.05, 4.69) is 5.32 Å². The average molecular weight is 302 g/mol. The van der Waals surface area contributed by atoms with Gasteiger partial charge in [0.05, 0.1) is 11.1 Å². The molecule has 0 spiro atoms. The van der Waals surface area contributed by atoms with Gasteiger partial charge in [-0.05, 0) is 32.3 Å². The molecule has 0 aromatic heterocycles. The van der Waals surface area contributed by atoms with Gasteiger partial charge < -0.3 is 10.6 Å². The van der Waals surface area contributed by atoms with Crippen LogP contribution < -0.4 is 10.6 Å². The zero-order valence-corrected chi connectivity index (χ0v) is 10.5. The Bertz CT molecular complexity index is 409. The van der Waals surface area contributed by atoms with Crippen molar-refractivity contribution < 1.29 is 31.1 Å². The van der Waals surface area contributed by atoms with Crippen LogP contribution in [0.1, 0.15) is 11.1 Å². The molecule has 0 bridgehead atoms. The van der Waals surface area contributed by atoms with Crippen LogP contribution in [-0.2, 0) is 17.1 Å². The lowest BCUT2D eigenvalue weighted by molar-refractivity contribution is -0.143. The molecule has 0 fully saturated rings. The fourth-order valence-corrected chi connectivity index (χ4v) is 1.11. The Hall–Kier alpha value is -1.77. The molecule has 3 nitrogen and oxygen atoms in total. The second-order valence-electron chi connectivity index (χ2n) is 3.56. The summed E-state index contributed by atoms with van der Waals surface area (Å²) in [6.45, 7) is 0. The molecule has 0 atom stereocenters. The molecule has 1 aromatic carbocycles. The minimum absolute atomic E-state index is 0.00432. The van der Waals surface area contributed by atoms with E-state index in [1.807, 2.05) is 14.1 Å². The van der Waals surface area contributed by atoms with Gasteiger partial charge in [-0.3, -0.25) is 4.79 Å². The van der Waals surface area contributed by atoms with E-state index in [9.17, 15) is 31.1 Å². The molecule has 2 N–H and O–H groups in total. The highest BCUT2D eigenvalue weighted by molar-refractivity contribution is 5.72. The van der Waals surface area contributed by atoms with Crippen LogP contribution in [0.25, 0.3) is 0 Å². The summed E-state index contributed by atoms with van der Waals surface area (Å²) in [4.78, 5) is 10.0. The Morgan fingerprint density at radius 2 is 1.25 bits per heavy atom. The van der Waals surface area contributed by atoms with E-state index in [4.69, 9.17) is 0 Å². The van der Waals surface area contributed by atoms with Crippen molar-refractivity contribution in [3.8, 4) is 0 Å². The van der Waals surface area contributed by atoms with Gasteiger partial charge in [0, 0.05) is 5.69 Å². The first-order chi connectivity index (χ1) is 9.06. The van der Waals surface area contributed by atoms with Crippen LogP contribution in [-0.4, -0.2) is 20.5 Å². The van der Waals surface area contributed by atoms with Crippen LogP contribution in [0.2, 0.25) is 0 Å². The monoisotopic (exact) mass is 302 g/mol. The lowest BCUT2D eigenvalue weighted by atomic mass is 10.1. The minimum Gasteiger partial charge on any atom is -0.329 e. The number of benzene rings is 1. The number of alkyl halides is 6. The number of halogens is 6. The van der Waals surface area contributed by atoms with Crippen LogP contribution in [0.15, 0.2) is 18.2 Å². The van der Waals surface area contributed by atoms with E-state index in [0.717, 1.165) is 0 Å². The Kier molecular flexibility index (Phi) is 6.50. The molecule has 20 heavy (non-hydrogen) atoms. The average Bonchev–Trinajstić information content (AvgIpc) is 2.27. The Morgan fingerprint density at radius 1 is 0.900 bits per heavy atom. The molecular weight excluding hydrogens is 290 g/mol. The summed E-state index contributed by atoms with van der Waals surface area (Å²) in [6, 6.07) is 0.823. The van der Waals surface area contributed by atoms with Crippen LogP contribution in [0, 0.1) is 0 Å². The molecule has 0 aliphatic heterocycles. The largest absolute Gasteiger partial charge is 0.416 e. The van der Waals surface area contributed by atoms with Crippen molar-refractivity contribution in [2.45, 2.75) is 12.4 Å². The fourth-order valence-electron chi connectivity index (χ4n) is 1.11. The van der Waals surface area contributed by atoms with E-state index in [0.29, 0.717) is 12.1 Å². The van der Waals surface area contributed by atoms with Gasteiger partial charge >= 0.3 is 12.4 Å². The van der Waals surface area contributed by atoms with Gasteiger partial charge in [-0.15, -0.1) is 0 Å². The van der Waals surface area contributed by atoms with Crippen molar-refractivity contribution in [3.63, 3.8) is 0 Å². The fraction of sp³-hybridized carbons (Fsp3) is 0.364. The first-order valence-electron chi connectivity index (χ1n) is 5.14. The lowest BCUT2D eigenvalue weighted by Crippen LogP contribution is -2.12. The zero-order chi connectivity index (χ0) is 16.0. The third-order valence-electron chi connectivity index (χ3n) is 1.81. The molecule has 0 saturated carbocycles. The molecule has 1 rings (SSSR count). The van der Waals surface area contributed by atoms with E-state index < -0.39 is 29.2 Å². The molecule has 0 saturated heterocycles. The highest BCUT2D eigenvalue weighted by Crippen LogP contribution is 2.37. The van der Waals surface area contributed by atoms with Crippen LogP contribution in [0.5, 0.6) is 0 Å². The first-order valence-corrected chi connectivity index (χ1v) is 5.14. The quantitative estimate of drug-likeness (QED) is 0.651. The molecule has 114 valence electrons. The number of amides is 1. The van der Waals surface area contributed by atoms with Crippen LogP contribution in [0.3, 0.4) is 0 Å². The SMILES string of the molecule is CNC.O=CNc1cc(C(F)(F)F)cc(C(F)(F)F)c1. The summed E-state index contributed by atoms with van der Waals surface area (Å²) in [5.41, 5.74) is -3.52. The van der Waals surface area contributed by atoms with Crippen molar-refractivity contribution in [1.29, 1.82) is 0 Å². The maximum Gasteiger partial charge on any atom is 0.416 e. The second kappa shape index (κ2) is 7.13.